The molecule has 0 unspecified atom stereocenters. The maximum absolute atomic E-state index is 13.1. The first-order valence-electron chi connectivity index (χ1n) is 11.3. The zero-order valence-corrected chi connectivity index (χ0v) is 18.2. The number of carbonyl (C=O) groups is 2. The molecule has 1 aliphatic carbocycles. The fraction of sp³-hybridized carbons (Fsp3) is 0.417. The van der Waals surface area contributed by atoms with Crippen molar-refractivity contribution in [3.8, 4) is 11.3 Å². The fourth-order valence-corrected chi connectivity index (χ4v) is 4.92. The highest BCUT2D eigenvalue weighted by Gasteiger charge is 2.35. The van der Waals surface area contributed by atoms with Gasteiger partial charge in [-0.05, 0) is 17.9 Å². The van der Waals surface area contributed by atoms with Gasteiger partial charge >= 0.3 is 0 Å². The van der Waals surface area contributed by atoms with Gasteiger partial charge in [0.25, 0.3) is 17.4 Å². The highest BCUT2D eigenvalue weighted by molar-refractivity contribution is 6.10. The number of nitrogens with zero attached hydrogens (tertiary/aromatic N) is 3. The molecule has 0 radical (unpaired) electrons. The predicted molar refractivity (Wildman–Crippen MR) is 121 cm³/mol. The van der Waals surface area contributed by atoms with Gasteiger partial charge in [0.2, 0.25) is 0 Å². The Morgan fingerprint density at radius 1 is 1.12 bits per heavy atom. The summed E-state index contributed by atoms with van der Waals surface area (Å²) >= 11 is 0. The first-order chi connectivity index (χ1) is 15.9. The van der Waals surface area contributed by atoms with E-state index < -0.39 is 24.0 Å². The molecule has 2 aromatic heterocycles. The van der Waals surface area contributed by atoms with Crippen LogP contribution in [0.15, 0.2) is 35.1 Å². The van der Waals surface area contributed by atoms with Gasteiger partial charge in [-0.1, -0.05) is 49.9 Å². The second kappa shape index (κ2) is 8.46. The monoisotopic (exact) mass is 451 g/mol. The van der Waals surface area contributed by atoms with Crippen molar-refractivity contribution in [3.63, 3.8) is 0 Å². The maximum atomic E-state index is 13.1. The number of alkyl halides is 1. The normalized spacial score (nSPS) is 16.9. The Bertz CT molecular complexity index is 1270. The molecule has 5 rings (SSSR count). The number of carbonyl (C=O) groups excluding carboxylic acids is 2. The van der Waals surface area contributed by atoms with Gasteiger partial charge < -0.3 is 10.6 Å². The number of benzene rings is 1. The Labute approximate surface area is 189 Å². The van der Waals surface area contributed by atoms with Crippen molar-refractivity contribution in [1.29, 1.82) is 0 Å². The van der Waals surface area contributed by atoms with E-state index in [0.29, 0.717) is 5.69 Å². The second-order valence-corrected chi connectivity index (χ2v) is 9.15. The van der Waals surface area contributed by atoms with Crippen molar-refractivity contribution in [2.45, 2.75) is 32.1 Å². The van der Waals surface area contributed by atoms with Crippen LogP contribution in [0.4, 0.5) is 4.39 Å². The van der Waals surface area contributed by atoms with Crippen molar-refractivity contribution >= 4 is 17.5 Å². The van der Waals surface area contributed by atoms with E-state index in [0.717, 1.165) is 22.4 Å². The van der Waals surface area contributed by atoms with Crippen LogP contribution in [0.5, 0.6) is 0 Å². The van der Waals surface area contributed by atoms with Crippen LogP contribution < -0.4 is 11.3 Å². The molecule has 9 heteroatoms. The molecular weight excluding hydrogens is 425 g/mol. The van der Waals surface area contributed by atoms with E-state index in [2.05, 4.69) is 10.1 Å². The Morgan fingerprint density at radius 2 is 1.82 bits per heavy atom. The summed E-state index contributed by atoms with van der Waals surface area (Å²) < 4.78 is 13.9. The smallest absolute Gasteiger partial charge is 0.273 e. The quantitative estimate of drug-likeness (QED) is 0.600. The molecule has 2 amide bonds. The molecule has 8 nitrogen and oxygen atoms in total. The predicted octanol–water partition coefficient (Wildman–Crippen LogP) is 2.56. The molecule has 2 fully saturated rings. The molecule has 0 bridgehead atoms. The lowest BCUT2D eigenvalue weighted by atomic mass is 9.97. The lowest BCUT2D eigenvalue weighted by Gasteiger charge is -2.37. The molecule has 1 aromatic carbocycles. The lowest BCUT2D eigenvalue weighted by Crippen LogP contribution is -2.51. The summed E-state index contributed by atoms with van der Waals surface area (Å²) in [6, 6.07) is 9.30. The number of nitrogens with one attached hydrogen (secondary N) is 1. The molecule has 3 heterocycles. The molecule has 3 aromatic rings. The van der Waals surface area contributed by atoms with E-state index in [1.807, 2.05) is 24.3 Å². The van der Waals surface area contributed by atoms with Gasteiger partial charge in [0.05, 0.1) is 12.4 Å². The summed E-state index contributed by atoms with van der Waals surface area (Å²) in [5.41, 5.74) is 7.20. The van der Waals surface area contributed by atoms with Gasteiger partial charge in [-0.3, -0.25) is 23.9 Å². The number of rotatable bonds is 6. The fourth-order valence-electron chi connectivity index (χ4n) is 4.92. The van der Waals surface area contributed by atoms with Crippen LogP contribution in [-0.2, 0) is 6.42 Å². The molecule has 2 aliphatic rings. The third kappa shape index (κ3) is 3.92. The Kier molecular flexibility index (Phi) is 5.47. The third-order valence-corrected chi connectivity index (χ3v) is 6.79. The van der Waals surface area contributed by atoms with E-state index in [-0.39, 0.29) is 35.9 Å². The first-order valence-corrected chi connectivity index (χ1v) is 11.3. The number of hydrogen-bond acceptors (Lipinski definition) is 4. The number of halogens is 1. The number of fused-ring (bicyclic) bond motifs is 1. The summed E-state index contributed by atoms with van der Waals surface area (Å²) in [5, 5.41) is 2.61. The number of amides is 2. The third-order valence-electron chi connectivity index (χ3n) is 6.79. The summed E-state index contributed by atoms with van der Waals surface area (Å²) in [6.45, 7) is -0.0204. The van der Waals surface area contributed by atoms with Gasteiger partial charge in [0.15, 0.2) is 5.65 Å². The molecule has 0 atom stereocenters. The molecular formula is C24H26FN5O3. The van der Waals surface area contributed by atoms with Gasteiger partial charge in [0, 0.05) is 30.6 Å². The summed E-state index contributed by atoms with van der Waals surface area (Å²) in [5.74, 6) is -0.855. The Balaban J connectivity index is 1.51. The molecule has 1 saturated carbocycles. The van der Waals surface area contributed by atoms with Crippen LogP contribution in [-0.4, -0.2) is 51.1 Å². The highest BCUT2D eigenvalue weighted by atomic mass is 19.1. The van der Waals surface area contributed by atoms with Crippen molar-refractivity contribution < 1.29 is 14.0 Å². The van der Waals surface area contributed by atoms with Crippen molar-refractivity contribution in [1.82, 2.24) is 19.5 Å². The second-order valence-electron chi connectivity index (χ2n) is 9.15. The van der Waals surface area contributed by atoms with Crippen molar-refractivity contribution in [2.75, 3.05) is 19.8 Å². The van der Waals surface area contributed by atoms with Crippen LogP contribution in [0.25, 0.3) is 16.9 Å². The number of aromatic amines is 1. The number of nitrogens with two attached hydrogens (primary N) is 1. The van der Waals surface area contributed by atoms with Gasteiger partial charge in [-0.2, -0.15) is 0 Å². The number of hydrogen-bond donors (Lipinski definition) is 2. The minimum atomic E-state index is -0.872. The van der Waals surface area contributed by atoms with Gasteiger partial charge in [-0.15, -0.1) is 0 Å². The first kappa shape index (κ1) is 21.4. The Hall–Kier alpha value is -3.49. The summed E-state index contributed by atoms with van der Waals surface area (Å²) in [6.07, 6.45) is 6.18. The van der Waals surface area contributed by atoms with Crippen LogP contribution in [0.2, 0.25) is 0 Å². The Morgan fingerprint density at radius 3 is 2.45 bits per heavy atom. The standard InChI is InChI=1S/C24H26FN5O3/c25-11-16-12-29(13-16)24(33)20-21(22(26)32)28-30-19(31)10-18(27-23(20)30)17-7-5-15(6-8-17)9-14-3-1-2-4-14/h5-8,10,14,16,28H,1-4,9,11-13H2,(H2,26,32). The zero-order chi connectivity index (χ0) is 23.1. The number of aromatic nitrogens is 3. The number of H-pyrrole nitrogens is 1. The van der Waals surface area contributed by atoms with E-state index >= 15 is 0 Å². The van der Waals surface area contributed by atoms with E-state index in [4.69, 9.17) is 5.73 Å². The molecule has 0 spiro atoms. The van der Waals surface area contributed by atoms with E-state index in [9.17, 15) is 18.8 Å². The molecule has 1 aliphatic heterocycles. The van der Waals surface area contributed by atoms with Gasteiger partial charge in [-0.25, -0.2) is 9.50 Å². The minimum absolute atomic E-state index is 0.0371. The molecule has 172 valence electrons. The zero-order valence-electron chi connectivity index (χ0n) is 18.2. The van der Waals surface area contributed by atoms with Crippen LogP contribution in [0, 0.1) is 11.8 Å². The van der Waals surface area contributed by atoms with E-state index in [1.165, 1.54) is 42.2 Å². The summed E-state index contributed by atoms with van der Waals surface area (Å²) in [4.78, 5) is 43.9. The van der Waals surface area contributed by atoms with Crippen LogP contribution in [0.1, 0.15) is 52.1 Å². The maximum Gasteiger partial charge on any atom is 0.273 e. The van der Waals surface area contributed by atoms with Crippen LogP contribution >= 0.6 is 0 Å². The SMILES string of the molecule is NC(=O)c1[nH]n2c(=O)cc(-c3ccc(CC4CCCC4)cc3)nc2c1C(=O)N1CC(CF)C1. The highest BCUT2D eigenvalue weighted by Crippen LogP contribution is 2.29. The van der Waals surface area contributed by atoms with Crippen molar-refractivity contribution in [3.05, 3.63) is 57.5 Å². The average molecular weight is 452 g/mol. The minimum Gasteiger partial charge on any atom is -0.364 e. The molecule has 1 saturated heterocycles. The van der Waals surface area contributed by atoms with Crippen molar-refractivity contribution in [2.24, 2.45) is 17.6 Å². The number of primary amides is 1. The molecule has 33 heavy (non-hydrogen) atoms. The van der Waals surface area contributed by atoms with E-state index in [1.54, 1.807) is 0 Å². The van der Waals surface area contributed by atoms with Gasteiger partial charge in [0.1, 0.15) is 11.3 Å². The largest absolute Gasteiger partial charge is 0.364 e. The lowest BCUT2D eigenvalue weighted by molar-refractivity contribution is 0.0452. The topological polar surface area (TPSA) is 114 Å². The molecule has 3 N–H and O–H groups in total. The average Bonchev–Trinajstić information content (AvgIpc) is 3.41. The summed E-state index contributed by atoms with van der Waals surface area (Å²) in [7, 11) is 0. The van der Waals surface area contributed by atoms with Crippen LogP contribution in [0.3, 0.4) is 0 Å². The number of likely N-dealkylation sites (tertiary alicyclic amines) is 1.